The van der Waals surface area contributed by atoms with Crippen LogP contribution in [0.3, 0.4) is 0 Å². The number of fused-ring (bicyclic) bond motifs is 4. The lowest BCUT2D eigenvalue weighted by atomic mass is 9.78. The van der Waals surface area contributed by atoms with E-state index in [0.29, 0.717) is 5.92 Å². The number of para-hydroxylation sites is 1. The molecule has 0 amide bonds. The van der Waals surface area contributed by atoms with E-state index in [2.05, 4.69) is 162 Å². The summed E-state index contributed by atoms with van der Waals surface area (Å²) in [5.74, 6) is 2.10. The van der Waals surface area contributed by atoms with Gasteiger partial charge in [0, 0.05) is 39.3 Å². The quantitative estimate of drug-likeness (QED) is 0.202. The van der Waals surface area contributed by atoms with Crippen molar-refractivity contribution in [1.29, 1.82) is 0 Å². The summed E-state index contributed by atoms with van der Waals surface area (Å²) in [5, 5.41) is 11.5. The van der Waals surface area contributed by atoms with E-state index in [1.54, 1.807) is 0 Å². The molecule has 2 heterocycles. The molecule has 1 aliphatic heterocycles. The molecule has 8 aromatic rings. The third kappa shape index (κ3) is 4.26. The molecule has 3 aliphatic rings. The lowest BCUT2D eigenvalue weighted by molar-refractivity contribution is 0.670. The molecule has 4 nitrogen and oxygen atoms in total. The molecule has 0 bridgehead atoms. The Morgan fingerprint density at radius 1 is 0.490 bits per heavy atom. The Morgan fingerprint density at radius 3 is 2.02 bits per heavy atom. The van der Waals surface area contributed by atoms with Crippen LogP contribution in [0.1, 0.15) is 45.8 Å². The fourth-order valence-electron chi connectivity index (χ4n) is 8.73. The van der Waals surface area contributed by atoms with Gasteiger partial charge in [-0.25, -0.2) is 9.98 Å². The fourth-order valence-corrected chi connectivity index (χ4v) is 8.73. The molecule has 0 saturated heterocycles. The summed E-state index contributed by atoms with van der Waals surface area (Å²) >= 11 is 0. The SMILES string of the molecule is C1=CC2c3cccc4ccc5c(c34)c3c(cccc3n5-c3ccccc3C3N=C(c4ccccc4)N=C(c4ccc5ccccc5c4)N3)C2C=C1. The molecule has 0 saturated carbocycles. The van der Waals surface area contributed by atoms with Crippen molar-refractivity contribution < 1.29 is 0 Å². The highest BCUT2D eigenvalue weighted by molar-refractivity contribution is 6.24. The topological polar surface area (TPSA) is 41.7 Å². The van der Waals surface area contributed by atoms with Gasteiger partial charge in [-0.15, -0.1) is 0 Å². The number of amidine groups is 2. The maximum absolute atomic E-state index is 5.33. The number of nitrogens with one attached hydrogen (secondary N) is 1. The molecule has 2 aliphatic carbocycles. The molecule has 11 rings (SSSR count). The highest BCUT2D eigenvalue weighted by Crippen LogP contribution is 2.51. The van der Waals surface area contributed by atoms with Crippen LogP contribution in [-0.2, 0) is 0 Å². The van der Waals surface area contributed by atoms with Gasteiger partial charge in [0.1, 0.15) is 12.0 Å². The van der Waals surface area contributed by atoms with Crippen molar-refractivity contribution in [2.24, 2.45) is 9.98 Å². The van der Waals surface area contributed by atoms with Crippen molar-refractivity contribution in [2.75, 3.05) is 0 Å². The maximum Gasteiger partial charge on any atom is 0.159 e. The molecule has 3 unspecified atom stereocenters. The monoisotopic (exact) mass is 652 g/mol. The van der Waals surface area contributed by atoms with Gasteiger partial charge in [-0.3, -0.25) is 0 Å². The van der Waals surface area contributed by atoms with Gasteiger partial charge in [-0.2, -0.15) is 0 Å². The summed E-state index contributed by atoms with van der Waals surface area (Å²) in [7, 11) is 0. The number of rotatable bonds is 4. The molecule has 0 radical (unpaired) electrons. The molecule has 3 atom stereocenters. The van der Waals surface area contributed by atoms with Gasteiger partial charge in [0.25, 0.3) is 0 Å². The Hall–Kier alpha value is -6.52. The Bertz CT molecular complexity index is 2850. The van der Waals surface area contributed by atoms with E-state index in [9.17, 15) is 0 Å². The van der Waals surface area contributed by atoms with Crippen LogP contribution in [0.4, 0.5) is 0 Å². The zero-order valence-electron chi connectivity index (χ0n) is 27.7. The lowest BCUT2D eigenvalue weighted by Crippen LogP contribution is -2.34. The first-order valence-corrected chi connectivity index (χ1v) is 17.7. The van der Waals surface area contributed by atoms with E-state index in [4.69, 9.17) is 9.98 Å². The predicted molar refractivity (Wildman–Crippen MR) is 211 cm³/mol. The Balaban J connectivity index is 1.15. The Labute approximate surface area is 295 Å². The Kier molecular flexibility index (Phi) is 6.11. The van der Waals surface area contributed by atoms with E-state index in [1.807, 2.05) is 18.2 Å². The molecule has 7 aromatic carbocycles. The summed E-state index contributed by atoms with van der Waals surface area (Å²) in [6.07, 6.45) is 8.83. The summed E-state index contributed by atoms with van der Waals surface area (Å²) < 4.78 is 2.48. The highest BCUT2D eigenvalue weighted by Gasteiger charge is 2.32. The van der Waals surface area contributed by atoms with Gasteiger partial charge in [0.05, 0.1) is 16.7 Å². The summed E-state index contributed by atoms with van der Waals surface area (Å²) in [4.78, 5) is 10.5. The number of aliphatic imine (C=N–C) groups is 2. The predicted octanol–water partition coefficient (Wildman–Crippen LogP) is 10.9. The average Bonchev–Trinajstić information content (AvgIpc) is 3.49. The third-order valence-corrected chi connectivity index (χ3v) is 11.0. The minimum absolute atomic E-state index is 0.268. The first kappa shape index (κ1) is 28.3. The van der Waals surface area contributed by atoms with Crippen LogP contribution in [0.15, 0.2) is 180 Å². The second-order valence-electron chi connectivity index (χ2n) is 13.7. The first-order chi connectivity index (χ1) is 25.3. The summed E-state index contributed by atoms with van der Waals surface area (Å²) in [6, 6.07) is 52.4. The molecule has 51 heavy (non-hydrogen) atoms. The summed E-state index contributed by atoms with van der Waals surface area (Å²) in [6.45, 7) is 0. The maximum atomic E-state index is 5.33. The molecule has 0 fully saturated rings. The molecular weight excluding hydrogens is 621 g/mol. The molecule has 1 aromatic heterocycles. The molecule has 0 spiro atoms. The van der Waals surface area contributed by atoms with Crippen LogP contribution in [0.2, 0.25) is 0 Å². The van der Waals surface area contributed by atoms with Crippen LogP contribution in [-0.4, -0.2) is 16.2 Å². The number of aromatic nitrogens is 1. The number of benzene rings is 7. The van der Waals surface area contributed by atoms with Crippen LogP contribution < -0.4 is 5.32 Å². The van der Waals surface area contributed by atoms with Gasteiger partial charge < -0.3 is 9.88 Å². The van der Waals surface area contributed by atoms with Crippen molar-refractivity contribution in [1.82, 2.24) is 9.88 Å². The average molecular weight is 653 g/mol. The standard InChI is InChI=1S/C47H32N4/c1-2-13-31(14-3-1)45-48-46(33-25-24-29-12-4-5-15-32(29)28-33)50-47(49-45)38-19-8-9-22-39(38)51-40-23-11-21-37-35-18-7-6-17-34(35)36-20-10-16-30-26-27-41(51)44(42(30)36)43(37)40/h1-28,34-35,47H,(H,48,49,50). The summed E-state index contributed by atoms with van der Waals surface area (Å²) in [5.41, 5.74) is 9.43. The van der Waals surface area contributed by atoms with Gasteiger partial charge >= 0.3 is 0 Å². The van der Waals surface area contributed by atoms with E-state index < -0.39 is 0 Å². The molecular formula is C47H32N4. The third-order valence-electron chi connectivity index (χ3n) is 11.0. The van der Waals surface area contributed by atoms with E-state index in [0.717, 1.165) is 34.0 Å². The van der Waals surface area contributed by atoms with Gasteiger partial charge in [0.15, 0.2) is 5.84 Å². The second kappa shape index (κ2) is 11.0. The van der Waals surface area contributed by atoms with Crippen LogP contribution in [0.5, 0.6) is 0 Å². The number of hydrogen-bond donors (Lipinski definition) is 1. The van der Waals surface area contributed by atoms with Crippen molar-refractivity contribution in [3.63, 3.8) is 0 Å². The van der Waals surface area contributed by atoms with E-state index in [-0.39, 0.29) is 12.1 Å². The van der Waals surface area contributed by atoms with Crippen molar-refractivity contribution >= 4 is 55.0 Å². The van der Waals surface area contributed by atoms with Gasteiger partial charge in [-0.05, 0) is 56.9 Å². The molecule has 1 N–H and O–H groups in total. The largest absolute Gasteiger partial charge is 0.344 e. The number of allylic oxidation sites excluding steroid dienone is 4. The van der Waals surface area contributed by atoms with Crippen molar-refractivity contribution in [3.8, 4) is 5.69 Å². The second-order valence-corrected chi connectivity index (χ2v) is 13.7. The normalized spacial score (nSPS) is 19.0. The Morgan fingerprint density at radius 2 is 1.16 bits per heavy atom. The minimum atomic E-state index is -0.370. The van der Waals surface area contributed by atoms with E-state index in [1.165, 1.54) is 54.5 Å². The van der Waals surface area contributed by atoms with Crippen LogP contribution >= 0.6 is 0 Å². The first-order valence-electron chi connectivity index (χ1n) is 17.7. The number of hydrogen-bond acceptors (Lipinski definition) is 3. The fraction of sp³-hybridized carbons (Fsp3) is 0.0638. The smallest absolute Gasteiger partial charge is 0.159 e. The zero-order chi connectivity index (χ0) is 33.5. The van der Waals surface area contributed by atoms with Gasteiger partial charge in [-0.1, -0.05) is 146 Å². The lowest BCUT2D eigenvalue weighted by Gasteiger charge is -2.27. The highest BCUT2D eigenvalue weighted by atomic mass is 15.2. The zero-order valence-corrected chi connectivity index (χ0v) is 27.7. The van der Waals surface area contributed by atoms with Crippen LogP contribution in [0, 0.1) is 0 Å². The van der Waals surface area contributed by atoms with Crippen molar-refractivity contribution in [2.45, 2.75) is 18.0 Å². The minimum Gasteiger partial charge on any atom is -0.344 e. The number of nitrogens with zero attached hydrogens (tertiary/aromatic N) is 3. The van der Waals surface area contributed by atoms with Crippen molar-refractivity contribution in [3.05, 3.63) is 198 Å². The van der Waals surface area contributed by atoms with Gasteiger partial charge in [0.2, 0.25) is 0 Å². The molecule has 240 valence electrons. The van der Waals surface area contributed by atoms with Crippen LogP contribution in [0.25, 0.3) is 49.0 Å². The van der Waals surface area contributed by atoms with E-state index >= 15 is 0 Å². The molecule has 4 heteroatoms.